The van der Waals surface area contributed by atoms with E-state index in [9.17, 15) is 13.2 Å². The Balaban J connectivity index is 2.07. The fourth-order valence-corrected chi connectivity index (χ4v) is 4.12. The number of amides is 1. The molecule has 1 aromatic carbocycles. The van der Waals surface area contributed by atoms with E-state index in [1.54, 1.807) is 18.2 Å². The largest absolute Gasteiger partial charge is 0.352 e. The number of nitrogens with one attached hydrogen (secondary N) is 1. The van der Waals surface area contributed by atoms with Crippen molar-refractivity contribution in [2.75, 3.05) is 19.6 Å². The molecule has 1 saturated heterocycles. The third-order valence-electron chi connectivity index (χ3n) is 3.86. The van der Waals surface area contributed by atoms with Gasteiger partial charge in [0, 0.05) is 25.2 Å². The number of unbranched alkanes of at least 4 members (excludes halogenated alkanes) is 2. The topological polar surface area (TPSA) is 66.5 Å². The highest BCUT2D eigenvalue weighted by atomic mass is 32.2. The molecule has 5 nitrogen and oxygen atoms in total. The van der Waals surface area contributed by atoms with Crippen LogP contribution in [-0.4, -0.2) is 38.3 Å². The van der Waals surface area contributed by atoms with Crippen molar-refractivity contribution in [2.45, 2.75) is 43.9 Å². The Morgan fingerprint density at radius 2 is 1.95 bits per heavy atom. The van der Waals surface area contributed by atoms with Crippen molar-refractivity contribution < 1.29 is 13.2 Å². The zero-order valence-electron chi connectivity index (χ0n) is 13.0. The molecule has 1 heterocycles. The molecule has 1 aliphatic rings. The predicted octanol–water partition coefficient (Wildman–Crippen LogP) is 2.39. The smallest absolute Gasteiger partial charge is 0.251 e. The van der Waals surface area contributed by atoms with Crippen LogP contribution in [0.15, 0.2) is 29.2 Å². The number of benzene rings is 1. The van der Waals surface area contributed by atoms with E-state index in [0.29, 0.717) is 25.2 Å². The maximum atomic E-state index is 12.5. The minimum absolute atomic E-state index is 0.204. The van der Waals surface area contributed by atoms with Gasteiger partial charge in [0.2, 0.25) is 10.0 Å². The van der Waals surface area contributed by atoms with E-state index in [4.69, 9.17) is 0 Å². The minimum Gasteiger partial charge on any atom is -0.352 e. The molecule has 1 N–H and O–H groups in total. The van der Waals surface area contributed by atoms with E-state index >= 15 is 0 Å². The third-order valence-corrected chi connectivity index (χ3v) is 5.76. The summed E-state index contributed by atoms with van der Waals surface area (Å²) >= 11 is 0. The summed E-state index contributed by atoms with van der Waals surface area (Å²) < 4.78 is 26.5. The summed E-state index contributed by atoms with van der Waals surface area (Å²) in [5.41, 5.74) is 0.400. The Kier molecular flexibility index (Phi) is 5.97. The second-order valence-electron chi connectivity index (χ2n) is 5.60. The van der Waals surface area contributed by atoms with Crippen molar-refractivity contribution in [2.24, 2.45) is 0 Å². The highest BCUT2D eigenvalue weighted by Crippen LogP contribution is 2.21. The molecule has 1 aliphatic heterocycles. The van der Waals surface area contributed by atoms with E-state index in [-0.39, 0.29) is 10.8 Å². The van der Waals surface area contributed by atoms with Crippen molar-refractivity contribution >= 4 is 15.9 Å². The van der Waals surface area contributed by atoms with Gasteiger partial charge in [0.25, 0.3) is 5.91 Å². The van der Waals surface area contributed by atoms with Crippen LogP contribution in [0.1, 0.15) is 49.4 Å². The fraction of sp³-hybridized carbons (Fsp3) is 0.562. The maximum absolute atomic E-state index is 12.5. The number of sulfonamides is 1. The molecule has 0 aliphatic carbocycles. The molecular formula is C16H24N2O3S. The zero-order valence-corrected chi connectivity index (χ0v) is 13.9. The first-order valence-electron chi connectivity index (χ1n) is 7.94. The number of carbonyl (C=O) groups is 1. The number of rotatable bonds is 7. The lowest BCUT2D eigenvalue weighted by Crippen LogP contribution is -2.28. The summed E-state index contributed by atoms with van der Waals surface area (Å²) in [6, 6.07) is 6.31. The molecular weight excluding hydrogens is 300 g/mol. The average molecular weight is 324 g/mol. The van der Waals surface area contributed by atoms with E-state index in [0.717, 1.165) is 32.1 Å². The van der Waals surface area contributed by atoms with Gasteiger partial charge >= 0.3 is 0 Å². The third kappa shape index (κ3) is 4.08. The summed E-state index contributed by atoms with van der Waals surface area (Å²) in [6.07, 6.45) is 4.91. The van der Waals surface area contributed by atoms with Gasteiger partial charge in [0.05, 0.1) is 4.90 Å². The molecule has 122 valence electrons. The van der Waals surface area contributed by atoms with Crippen molar-refractivity contribution in [1.82, 2.24) is 9.62 Å². The molecule has 1 fully saturated rings. The quantitative estimate of drug-likeness (QED) is 0.783. The van der Waals surface area contributed by atoms with Crippen molar-refractivity contribution in [1.29, 1.82) is 0 Å². The van der Waals surface area contributed by atoms with Gasteiger partial charge in [-0.3, -0.25) is 4.79 Å². The molecule has 0 bridgehead atoms. The lowest BCUT2D eigenvalue weighted by molar-refractivity contribution is 0.0952. The lowest BCUT2D eigenvalue weighted by atomic mass is 10.2. The molecule has 0 saturated carbocycles. The summed E-state index contributed by atoms with van der Waals surface area (Å²) in [5, 5.41) is 2.83. The monoisotopic (exact) mass is 324 g/mol. The van der Waals surface area contributed by atoms with Crippen LogP contribution >= 0.6 is 0 Å². The first kappa shape index (κ1) is 17.0. The standard InChI is InChI=1S/C16H24N2O3S/c1-2-3-4-10-17-16(19)14-8-7-9-15(13-14)22(20,21)18-11-5-6-12-18/h7-9,13H,2-6,10-12H2,1H3,(H,17,19). The summed E-state index contributed by atoms with van der Waals surface area (Å²) in [4.78, 5) is 12.3. The van der Waals surface area contributed by atoms with Crippen LogP contribution in [0.25, 0.3) is 0 Å². The SMILES string of the molecule is CCCCCNC(=O)c1cccc(S(=O)(=O)N2CCCC2)c1. The van der Waals surface area contributed by atoms with Gasteiger partial charge in [-0.05, 0) is 37.5 Å². The second-order valence-corrected chi connectivity index (χ2v) is 7.54. The molecule has 2 rings (SSSR count). The summed E-state index contributed by atoms with van der Waals surface area (Å²) in [6.45, 7) is 3.86. The Morgan fingerprint density at radius 3 is 2.64 bits per heavy atom. The van der Waals surface area contributed by atoms with E-state index in [1.807, 2.05) is 0 Å². The Morgan fingerprint density at radius 1 is 1.23 bits per heavy atom. The average Bonchev–Trinajstić information content (AvgIpc) is 3.06. The molecule has 0 aromatic heterocycles. The van der Waals surface area contributed by atoms with Gasteiger partial charge in [0.1, 0.15) is 0 Å². The molecule has 0 unspecified atom stereocenters. The molecule has 1 amide bonds. The summed E-state index contributed by atoms with van der Waals surface area (Å²) in [7, 11) is -3.47. The van der Waals surface area contributed by atoms with Gasteiger partial charge in [0.15, 0.2) is 0 Å². The van der Waals surface area contributed by atoms with Gasteiger partial charge in [-0.1, -0.05) is 25.8 Å². The van der Waals surface area contributed by atoms with Crippen molar-refractivity contribution in [3.63, 3.8) is 0 Å². The van der Waals surface area contributed by atoms with Crippen LogP contribution in [0.2, 0.25) is 0 Å². The van der Waals surface area contributed by atoms with Crippen molar-refractivity contribution in [3.8, 4) is 0 Å². The van der Waals surface area contributed by atoms with Crippen LogP contribution in [-0.2, 0) is 10.0 Å². The predicted molar refractivity (Wildman–Crippen MR) is 86.3 cm³/mol. The molecule has 0 radical (unpaired) electrons. The van der Waals surface area contributed by atoms with Gasteiger partial charge in [-0.25, -0.2) is 8.42 Å². The minimum atomic E-state index is -3.47. The number of carbonyl (C=O) groups excluding carboxylic acids is 1. The highest BCUT2D eigenvalue weighted by molar-refractivity contribution is 7.89. The number of hydrogen-bond acceptors (Lipinski definition) is 3. The van der Waals surface area contributed by atoms with E-state index < -0.39 is 10.0 Å². The maximum Gasteiger partial charge on any atom is 0.251 e. The lowest BCUT2D eigenvalue weighted by Gasteiger charge is -2.16. The van der Waals surface area contributed by atoms with Crippen LogP contribution in [0.4, 0.5) is 0 Å². The fourth-order valence-electron chi connectivity index (χ4n) is 2.55. The first-order chi connectivity index (χ1) is 10.6. The Hall–Kier alpha value is -1.40. The summed E-state index contributed by atoms with van der Waals surface area (Å²) in [5.74, 6) is -0.213. The molecule has 22 heavy (non-hydrogen) atoms. The Labute approximate surface area is 132 Å². The molecule has 0 spiro atoms. The first-order valence-corrected chi connectivity index (χ1v) is 9.38. The normalized spacial score (nSPS) is 15.9. The molecule has 0 atom stereocenters. The van der Waals surface area contributed by atoms with Crippen LogP contribution < -0.4 is 5.32 Å². The highest BCUT2D eigenvalue weighted by Gasteiger charge is 2.27. The number of hydrogen-bond donors (Lipinski definition) is 1. The van der Waals surface area contributed by atoms with E-state index in [2.05, 4.69) is 12.2 Å². The van der Waals surface area contributed by atoms with Crippen LogP contribution in [0, 0.1) is 0 Å². The van der Waals surface area contributed by atoms with Gasteiger partial charge in [-0.15, -0.1) is 0 Å². The van der Waals surface area contributed by atoms with Gasteiger partial charge in [-0.2, -0.15) is 4.31 Å². The number of nitrogens with zero attached hydrogens (tertiary/aromatic N) is 1. The molecule has 1 aromatic rings. The van der Waals surface area contributed by atoms with E-state index in [1.165, 1.54) is 10.4 Å². The van der Waals surface area contributed by atoms with Crippen molar-refractivity contribution in [3.05, 3.63) is 29.8 Å². The zero-order chi connectivity index (χ0) is 16.0. The van der Waals surface area contributed by atoms with Crippen LogP contribution in [0.3, 0.4) is 0 Å². The second kappa shape index (κ2) is 7.74. The Bertz CT molecular complexity index is 608. The van der Waals surface area contributed by atoms with Gasteiger partial charge < -0.3 is 5.32 Å². The van der Waals surface area contributed by atoms with Crippen LogP contribution in [0.5, 0.6) is 0 Å². The molecule has 6 heteroatoms.